The van der Waals surface area contributed by atoms with Gasteiger partial charge in [-0.1, -0.05) is 19.1 Å². The molecule has 0 aliphatic rings. The van der Waals surface area contributed by atoms with Gasteiger partial charge in [0.2, 0.25) is 5.91 Å². The highest BCUT2D eigenvalue weighted by atomic mass is 35.5. The van der Waals surface area contributed by atoms with Gasteiger partial charge in [-0.2, -0.15) is 0 Å². The highest BCUT2D eigenvalue weighted by Crippen LogP contribution is 2.21. The number of rotatable bonds is 7. The molecule has 0 bridgehead atoms. The first-order valence-electron chi connectivity index (χ1n) is 6.29. The van der Waals surface area contributed by atoms with Crippen LogP contribution in [0.1, 0.15) is 25.0 Å². The second-order valence-electron chi connectivity index (χ2n) is 4.59. The predicted molar refractivity (Wildman–Crippen MR) is 75.4 cm³/mol. The largest absolute Gasteiger partial charge is 0.370 e. The van der Waals surface area contributed by atoms with E-state index >= 15 is 0 Å². The molecule has 112 valence electrons. The molecule has 3 nitrogen and oxygen atoms in total. The van der Waals surface area contributed by atoms with Gasteiger partial charge in [-0.05, 0) is 18.1 Å². The SMILES string of the molecule is CCc1ccc(COCC(C)(F)F)c(NC(=O)CCl)c1. The monoisotopic (exact) mass is 305 g/mol. The molecule has 1 aromatic rings. The van der Waals surface area contributed by atoms with Gasteiger partial charge in [-0.25, -0.2) is 8.78 Å². The summed E-state index contributed by atoms with van der Waals surface area (Å²) in [7, 11) is 0. The topological polar surface area (TPSA) is 38.3 Å². The third kappa shape index (κ3) is 5.84. The first-order valence-corrected chi connectivity index (χ1v) is 6.82. The fraction of sp³-hybridized carbons (Fsp3) is 0.500. The Morgan fingerprint density at radius 1 is 1.45 bits per heavy atom. The predicted octanol–water partition coefficient (Wildman–Crippen LogP) is 3.60. The van der Waals surface area contributed by atoms with Crippen molar-refractivity contribution >= 4 is 23.2 Å². The van der Waals surface area contributed by atoms with Crippen LogP contribution in [0.2, 0.25) is 0 Å². The third-order valence-corrected chi connectivity index (χ3v) is 2.83. The Bertz CT molecular complexity index is 461. The quantitative estimate of drug-likeness (QED) is 0.782. The number of amides is 1. The number of anilines is 1. The van der Waals surface area contributed by atoms with Crippen LogP contribution in [0.4, 0.5) is 14.5 Å². The summed E-state index contributed by atoms with van der Waals surface area (Å²) in [6.07, 6.45) is 0.803. The summed E-state index contributed by atoms with van der Waals surface area (Å²) in [4.78, 5) is 11.4. The smallest absolute Gasteiger partial charge is 0.268 e. The van der Waals surface area contributed by atoms with Crippen molar-refractivity contribution < 1.29 is 18.3 Å². The first-order chi connectivity index (χ1) is 9.35. The van der Waals surface area contributed by atoms with Crippen molar-refractivity contribution in [1.29, 1.82) is 0 Å². The van der Waals surface area contributed by atoms with E-state index in [0.29, 0.717) is 11.3 Å². The van der Waals surface area contributed by atoms with Crippen molar-refractivity contribution in [2.75, 3.05) is 17.8 Å². The van der Waals surface area contributed by atoms with Crippen molar-refractivity contribution in [2.24, 2.45) is 0 Å². The minimum Gasteiger partial charge on any atom is -0.370 e. The summed E-state index contributed by atoms with van der Waals surface area (Å²) in [6, 6.07) is 5.43. The van der Waals surface area contributed by atoms with Crippen LogP contribution in [0.3, 0.4) is 0 Å². The molecule has 0 spiro atoms. The zero-order valence-electron chi connectivity index (χ0n) is 11.5. The zero-order chi connectivity index (χ0) is 15.2. The van der Waals surface area contributed by atoms with Crippen molar-refractivity contribution in [3.8, 4) is 0 Å². The molecular weight excluding hydrogens is 288 g/mol. The molecule has 0 aliphatic carbocycles. The summed E-state index contributed by atoms with van der Waals surface area (Å²) >= 11 is 5.45. The standard InChI is InChI=1S/C14H18ClF2NO2/c1-3-10-4-5-11(8-20-9-14(2,16)17)12(6-10)18-13(19)7-15/h4-6H,3,7-9H2,1-2H3,(H,18,19). The van der Waals surface area contributed by atoms with Crippen LogP contribution in [0, 0.1) is 0 Å². The van der Waals surface area contributed by atoms with E-state index in [1.165, 1.54) is 0 Å². The summed E-state index contributed by atoms with van der Waals surface area (Å²) < 4.78 is 30.4. The van der Waals surface area contributed by atoms with E-state index in [0.717, 1.165) is 18.9 Å². The van der Waals surface area contributed by atoms with E-state index < -0.39 is 12.5 Å². The fourth-order valence-electron chi connectivity index (χ4n) is 1.61. The molecular formula is C14H18ClF2NO2. The molecule has 0 saturated carbocycles. The molecule has 0 unspecified atom stereocenters. The second-order valence-corrected chi connectivity index (χ2v) is 4.86. The van der Waals surface area contributed by atoms with Crippen molar-refractivity contribution in [2.45, 2.75) is 32.8 Å². The average molecular weight is 306 g/mol. The lowest BCUT2D eigenvalue weighted by molar-refractivity contribution is -0.114. The van der Waals surface area contributed by atoms with Gasteiger partial charge in [0.25, 0.3) is 5.92 Å². The number of halogens is 3. The molecule has 1 rings (SSSR count). The van der Waals surface area contributed by atoms with E-state index in [2.05, 4.69) is 5.32 Å². The molecule has 0 aliphatic heterocycles. The summed E-state index contributed by atoms with van der Waals surface area (Å²) in [5.41, 5.74) is 2.22. The summed E-state index contributed by atoms with van der Waals surface area (Å²) in [6.45, 7) is 2.12. The molecule has 0 atom stereocenters. The number of hydrogen-bond donors (Lipinski definition) is 1. The highest BCUT2D eigenvalue weighted by molar-refractivity contribution is 6.29. The minimum absolute atomic E-state index is 0.00528. The lowest BCUT2D eigenvalue weighted by atomic mass is 10.1. The Morgan fingerprint density at radius 3 is 2.70 bits per heavy atom. The van der Waals surface area contributed by atoms with Crippen molar-refractivity contribution in [3.05, 3.63) is 29.3 Å². The van der Waals surface area contributed by atoms with Crippen LogP contribution in [0.25, 0.3) is 0 Å². The van der Waals surface area contributed by atoms with Crippen molar-refractivity contribution in [1.82, 2.24) is 0 Å². The van der Waals surface area contributed by atoms with Gasteiger partial charge < -0.3 is 10.1 Å². The van der Waals surface area contributed by atoms with E-state index in [9.17, 15) is 13.6 Å². The Hall–Kier alpha value is -1.20. The second kappa shape index (κ2) is 7.55. The van der Waals surface area contributed by atoms with Gasteiger partial charge in [-0.15, -0.1) is 11.6 Å². The number of ether oxygens (including phenoxy) is 1. The Morgan fingerprint density at radius 2 is 2.15 bits per heavy atom. The summed E-state index contributed by atoms with van der Waals surface area (Å²) in [5, 5.41) is 2.64. The number of hydrogen-bond acceptors (Lipinski definition) is 2. The van der Waals surface area contributed by atoms with Crippen LogP contribution in [0.5, 0.6) is 0 Å². The average Bonchev–Trinajstić information content (AvgIpc) is 2.38. The van der Waals surface area contributed by atoms with Crippen LogP contribution in [0.15, 0.2) is 18.2 Å². The van der Waals surface area contributed by atoms with E-state index in [-0.39, 0.29) is 18.4 Å². The molecule has 1 amide bonds. The maximum atomic E-state index is 12.7. The molecule has 1 N–H and O–H groups in total. The Labute approximate surface area is 122 Å². The lowest BCUT2D eigenvalue weighted by Crippen LogP contribution is -2.19. The Balaban J connectivity index is 2.80. The number of benzene rings is 1. The van der Waals surface area contributed by atoms with E-state index in [4.69, 9.17) is 16.3 Å². The van der Waals surface area contributed by atoms with Gasteiger partial charge >= 0.3 is 0 Å². The molecule has 0 heterocycles. The molecule has 20 heavy (non-hydrogen) atoms. The van der Waals surface area contributed by atoms with Gasteiger partial charge in [0.15, 0.2) is 0 Å². The molecule has 1 aromatic carbocycles. The lowest BCUT2D eigenvalue weighted by Gasteiger charge is -2.14. The van der Waals surface area contributed by atoms with E-state index in [1.807, 2.05) is 13.0 Å². The van der Waals surface area contributed by atoms with Crippen LogP contribution in [-0.2, 0) is 22.6 Å². The molecule has 0 radical (unpaired) electrons. The van der Waals surface area contributed by atoms with Gasteiger partial charge in [0, 0.05) is 18.2 Å². The van der Waals surface area contributed by atoms with Crippen LogP contribution < -0.4 is 5.32 Å². The Kier molecular flexibility index (Phi) is 6.36. The zero-order valence-corrected chi connectivity index (χ0v) is 12.3. The van der Waals surface area contributed by atoms with E-state index in [1.54, 1.807) is 12.1 Å². The number of aryl methyl sites for hydroxylation is 1. The molecule has 6 heteroatoms. The number of alkyl halides is 3. The van der Waals surface area contributed by atoms with Gasteiger partial charge in [0.1, 0.15) is 12.5 Å². The maximum Gasteiger partial charge on any atom is 0.268 e. The van der Waals surface area contributed by atoms with Gasteiger partial charge in [0.05, 0.1) is 6.61 Å². The van der Waals surface area contributed by atoms with Crippen LogP contribution in [-0.4, -0.2) is 24.3 Å². The third-order valence-electron chi connectivity index (χ3n) is 2.59. The van der Waals surface area contributed by atoms with Crippen molar-refractivity contribution in [3.63, 3.8) is 0 Å². The number of nitrogens with one attached hydrogen (secondary N) is 1. The highest BCUT2D eigenvalue weighted by Gasteiger charge is 2.21. The minimum atomic E-state index is -2.87. The molecule has 0 aromatic heterocycles. The number of carbonyl (C=O) groups excluding carboxylic acids is 1. The first kappa shape index (κ1) is 16.9. The molecule has 0 saturated heterocycles. The number of carbonyl (C=O) groups is 1. The molecule has 0 fully saturated rings. The normalized spacial score (nSPS) is 11.4. The summed E-state index contributed by atoms with van der Waals surface area (Å²) in [5.74, 6) is -3.38. The van der Waals surface area contributed by atoms with Crippen LogP contribution >= 0.6 is 11.6 Å². The maximum absolute atomic E-state index is 12.7. The fourth-order valence-corrected chi connectivity index (χ4v) is 1.68. The van der Waals surface area contributed by atoms with Gasteiger partial charge in [-0.3, -0.25) is 4.79 Å².